The van der Waals surface area contributed by atoms with Crippen LogP contribution < -0.4 is 26.0 Å². The maximum absolute atomic E-state index is 14.9. The van der Waals surface area contributed by atoms with Crippen LogP contribution >= 0.6 is 0 Å². The van der Waals surface area contributed by atoms with Crippen molar-refractivity contribution in [3.63, 3.8) is 0 Å². The number of hydrogen-bond acceptors (Lipinski definition) is 9. The molecule has 314 valence electrons. The molecule has 2 aliphatic carbocycles. The lowest BCUT2D eigenvalue weighted by atomic mass is 9.82. The first-order valence-corrected chi connectivity index (χ1v) is 21.0. The summed E-state index contributed by atoms with van der Waals surface area (Å²) in [5, 5.41) is 11.4. The number of aromatic nitrogens is 2. The maximum atomic E-state index is 14.9. The number of carbonyl (C=O) groups excluding carboxylic acids is 6. The van der Waals surface area contributed by atoms with Crippen LogP contribution in [0.4, 0.5) is 0 Å². The zero-order valence-corrected chi connectivity index (χ0v) is 34.4. The number of likely N-dealkylation sites (tertiary alicyclic amines) is 1. The average molecular weight is 808 g/mol. The van der Waals surface area contributed by atoms with Crippen LogP contribution in [0, 0.1) is 11.3 Å². The van der Waals surface area contributed by atoms with E-state index < -0.39 is 71.0 Å². The van der Waals surface area contributed by atoms with E-state index in [4.69, 9.17) is 4.74 Å². The Morgan fingerprint density at radius 3 is 2.17 bits per heavy atom. The average Bonchev–Trinajstić information content (AvgIpc) is 3.96. The first kappa shape index (κ1) is 42.9. The van der Waals surface area contributed by atoms with Gasteiger partial charge < -0.3 is 30.9 Å². The molecule has 4 N–H and O–H groups in total. The van der Waals surface area contributed by atoms with Crippen molar-refractivity contribution in [1.82, 2.24) is 36.1 Å². The van der Waals surface area contributed by atoms with Gasteiger partial charge in [0.2, 0.25) is 23.5 Å². The second-order valence-corrected chi connectivity index (χ2v) is 17.1. The zero-order valence-electron chi connectivity index (χ0n) is 34.4. The second-order valence-electron chi connectivity index (χ2n) is 17.1. The van der Waals surface area contributed by atoms with E-state index in [1.54, 1.807) is 0 Å². The van der Waals surface area contributed by atoms with E-state index in [1.807, 2.05) is 82.3 Å². The molecular formula is C45H57N7O7. The quantitative estimate of drug-likeness (QED) is 0.151. The summed E-state index contributed by atoms with van der Waals surface area (Å²) in [6.07, 6.45) is 10.3. The minimum atomic E-state index is -1.12. The summed E-state index contributed by atoms with van der Waals surface area (Å²) in [6.45, 7) is 7.35. The van der Waals surface area contributed by atoms with E-state index >= 15 is 0 Å². The molecule has 1 aliphatic heterocycles. The van der Waals surface area contributed by atoms with Gasteiger partial charge >= 0.3 is 0 Å². The van der Waals surface area contributed by atoms with Gasteiger partial charge in [-0.05, 0) is 66.7 Å². The van der Waals surface area contributed by atoms with Crippen LogP contribution in [0.5, 0.6) is 5.75 Å². The Balaban J connectivity index is 1.25. The van der Waals surface area contributed by atoms with Gasteiger partial charge in [0.1, 0.15) is 35.7 Å². The molecule has 59 heavy (non-hydrogen) atoms. The Labute approximate surface area is 346 Å². The Hall–Kier alpha value is -5.66. The highest BCUT2D eigenvalue weighted by atomic mass is 16.5. The number of hydrogen-bond donors (Lipinski definition) is 4. The fourth-order valence-corrected chi connectivity index (χ4v) is 7.93. The summed E-state index contributed by atoms with van der Waals surface area (Å²) in [4.78, 5) is 92.5. The summed E-state index contributed by atoms with van der Waals surface area (Å²) in [6, 6.07) is 13.2. The number of nitrogens with zero attached hydrogens (tertiary/aromatic N) is 3. The lowest BCUT2D eigenvalue weighted by Gasteiger charge is -2.37. The third kappa shape index (κ3) is 11.3. The fraction of sp³-hybridized carbons (Fsp3) is 0.511. The Bertz CT molecular complexity index is 1940. The van der Waals surface area contributed by atoms with Crippen LogP contribution in [0.3, 0.4) is 0 Å². The molecule has 5 atom stereocenters. The van der Waals surface area contributed by atoms with Gasteiger partial charge in [-0.1, -0.05) is 95.8 Å². The van der Waals surface area contributed by atoms with Gasteiger partial charge in [-0.25, -0.2) is 4.98 Å². The molecule has 0 spiro atoms. The van der Waals surface area contributed by atoms with Crippen LogP contribution in [0.15, 0.2) is 73.2 Å². The number of nitrogens with one attached hydrogen (secondary N) is 4. The van der Waals surface area contributed by atoms with Crippen LogP contribution in [-0.2, 0) is 24.0 Å². The fourth-order valence-electron chi connectivity index (χ4n) is 7.93. The molecule has 0 bridgehead atoms. The summed E-state index contributed by atoms with van der Waals surface area (Å²) in [5.74, 6) is -3.24. The molecule has 5 amide bonds. The van der Waals surface area contributed by atoms with E-state index in [0.717, 1.165) is 56.1 Å². The van der Waals surface area contributed by atoms with Crippen molar-refractivity contribution in [2.75, 3.05) is 6.54 Å². The number of amides is 5. The van der Waals surface area contributed by atoms with Crippen molar-refractivity contribution in [1.29, 1.82) is 0 Å². The second kappa shape index (κ2) is 19.4. The van der Waals surface area contributed by atoms with Crippen LogP contribution in [-0.4, -0.2) is 93.0 Å². The van der Waals surface area contributed by atoms with Crippen molar-refractivity contribution in [3.8, 4) is 16.9 Å². The predicted octanol–water partition coefficient (Wildman–Crippen LogP) is 4.53. The molecule has 3 aromatic rings. The largest absolute Gasteiger partial charge is 0.488 e. The Morgan fingerprint density at radius 1 is 0.847 bits per heavy atom. The van der Waals surface area contributed by atoms with Crippen molar-refractivity contribution < 1.29 is 33.5 Å². The minimum Gasteiger partial charge on any atom is -0.488 e. The lowest BCUT2D eigenvalue weighted by molar-refractivity contribution is -0.145. The molecule has 3 aliphatic rings. The monoisotopic (exact) mass is 807 g/mol. The molecule has 14 heteroatoms. The van der Waals surface area contributed by atoms with Gasteiger partial charge in [0, 0.05) is 24.9 Å². The van der Waals surface area contributed by atoms with Gasteiger partial charge in [0.15, 0.2) is 0 Å². The van der Waals surface area contributed by atoms with E-state index in [-0.39, 0.29) is 37.0 Å². The predicted molar refractivity (Wildman–Crippen MR) is 221 cm³/mol. The van der Waals surface area contributed by atoms with Crippen molar-refractivity contribution in [2.45, 2.75) is 128 Å². The molecule has 1 saturated heterocycles. The summed E-state index contributed by atoms with van der Waals surface area (Å²) >= 11 is 0. The normalized spacial score (nSPS) is 19.8. The standard InChI is InChI=1S/C45H57N7O7/c1-5-12-34(38(53)43(57)48-31-19-20-31)49-41(55)36-25-33(59-32-21-17-29(18-22-32)28-13-8-6-9-14-28)27-52(36)44(58)39(45(2,3)4)51-42(56)37(30-15-10-7-11-16-30)50-40(54)35-26-46-23-24-47-35/h6,8-9,13-14,17-18,21-24,26,30-31,33-34,36-37,39H,5,7,10-12,15-16,19-20,25,27H2,1-4H3,(H,48,57)(H,49,55)(H,50,54)(H,51,56)/t33-,34+,36+,37+,39-/m1/s1. The molecule has 0 radical (unpaired) electrons. The molecule has 1 aromatic heterocycles. The highest BCUT2D eigenvalue weighted by Gasteiger charge is 2.47. The topological polar surface area (TPSA) is 189 Å². The van der Waals surface area contributed by atoms with E-state index in [2.05, 4.69) is 31.2 Å². The molecule has 2 aromatic carbocycles. The highest BCUT2D eigenvalue weighted by molar-refractivity contribution is 6.38. The number of benzene rings is 2. The van der Waals surface area contributed by atoms with Gasteiger partial charge in [-0.2, -0.15) is 0 Å². The van der Waals surface area contributed by atoms with Gasteiger partial charge in [0.25, 0.3) is 11.8 Å². The van der Waals surface area contributed by atoms with Gasteiger partial charge in [0.05, 0.1) is 18.8 Å². The Kier molecular flexibility index (Phi) is 14.1. The van der Waals surface area contributed by atoms with Gasteiger partial charge in [-0.3, -0.25) is 33.8 Å². The highest BCUT2D eigenvalue weighted by Crippen LogP contribution is 2.31. The summed E-state index contributed by atoms with van der Waals surface area (Å²) < 4.78 is 6.41. The molecule has 3 fully saturated rings. The number of ketones is 1. The molecule has 0 unspecified atom stereocenters. The molecule has 2 heterocycles. The maximum Gasteiger partial charge on any atom is 0.289 e. The van der Waals surface area contributed by atoms with E-state index in [1.165, 1.54) is 23.5 Å². The van der Waals surface area contributed by atoms with Crippen LogP contribution in [0.25, 0.3) is 11.1 Å². The SMILES string of the molecule is CCC[C@H](NC(=O)[C@@H]1C[C@@H](Oc2ccc(-c3ccccc3)cc2)CN1C(=O)[C@@H](NC(=O)[C@@H](NC(=O)c1cnccn1)C1CCCCC1)C(C)(C)C)C(=O)C(=O)NC1CC1. The smallest absolute Gasteiger partial charge is 0.289 e. The van der Waals surface area contributed by atoms with Crippen molar-refractivity contribution in [2.24, 2.45) is 11.3 Å². The molecule has 6 rings (SSSR count). The molecule has 14 nitrogen and oxygen atoms in total. The molecule has 2 saturated carbocycles. The van der Waals surface area contributed by atoms with Crippen LogP contribution in [0.2, 0.25) is 0 Å². The third-order valence-corrected chi connectivity index (χ3v) is 11.3. The minimum absolute atomic E-state index is 0.0177. The first-order valence-electron chi connectivity index (χ1n) is 21.0. The Morgan fingerprint density at radius 2 is 1.54 bits per heavy atom. The summed E-state index contributed by atoms with van der Waals surface area (Å²) in [5.41, 5.74) is 1.28. The van der Waals surface area contributed by atoms with Gasteiger partial charge in [-0.15, -0.1) is 0 Å². The van der Waals surface area contributed by atoms with Crippen LogP contribution in [0.1, 0.15) is 102 Å². The number of ether oxygens (including phenoxy) is 1. The summed E-state index contributed by atoms with van der Waals surface area (Å²) in [7, 11) is 0. The van der Waals surface area contributed by atoms with Crippen molar-refractivity contribution >= 4 is 35.3 Å². The third-order valence-electron chi connectivity index (χ3n) is 11.3. The first-order chi connectivity index (χ1) is 28.3. The number of Topliss-reactive ketones (excluding diaryl/α,β-unsaturated/α-hetero) is 1. The zero-order chi connectivity index (χ0) is 42.1. The lowest BCUT2D eigenvalue weighted by Crippen LogP contribution is -2.62. The van der Waals surface area contributed by atoms with E-state index in [9.17, 15) is 28.8 Å². The molecular weight excluding hydrogens is 751 g/mol. The number of carbonyl (C=O) groups is 6. The van der Waals surface area contributed by atoms with E-state index in [0.29, 0.717) is 12.2 Å². The number of rotatable bonds is 16. The van der Waals surface area contributed by atoms with Crippen molar-refractivity contribution in [3.05, 3.63) is 78.9 Å².